The van der Waals surface area contributed by atoms with Crippen LogP contribution in [0.3, 0.4) is 0 Å². The van der Waals surface area contributed by atoms with E-state index >= 15 is 0 Å². The number of hydrogen-bond donors (Lipinski definition) is 12. The number of phenolic OH excluding ortho intramolecular Hbond substituents is 1. The van der Waals surface area contributed by atoms with E-state index in [4.69, 9.17) is 38.6 Å². The summed E-state index contributed by atoms with van der Waals surface area (Å²) >= 11 is 0. The Hall–Kier alpha value is -6.40. The molecule has 0 saturated carbocycles. The number of likely N-dealkylation sites (tertiary alicyclic amines) is 1. The van der Waals surface area contributed by atoms with Crippen LogP contribution >= 0.6 is 0 Å². The number of nitrogens with one attached hydrogen (secondary N) is 4. The first-order chi connectivity index (χ1) is 30.3. The van der Waals surface area contributed by atoms with Crippen molar-refractivity contribution >= 4 is 53.4 Å². The molecule has 65 heavy (non-hydrogen) atoms. The number of nitrogens with zero attached hydrogens (tertiary/aromatic N) is 3. The molecule has 1 heterocycles. The number of halogens is 3. The minimum atomic E-state index is -5.08. The maximum atomic E-state index is 14.1. The standard InChI is InChI=1S/C38H64N12O8.C2HF3O2/c1-5-22(4)30(34(55)48-28(36(57)58)19-21(2)3)49-32(53)27(20-23-12-14-24(51)15-13-23)47-33(54)29-11-8-18-50(29)35(56)26(10-7-17-45-38(42)43)46-31(52)25(39)9-6-16-44-37(40)41;3-2(4,5)1(6)7/h12-15,21-22,25-30,51H,5-11,16-20,39H2,1-4H3,(H,46,52)(H,47,54)(H,48,55)(H,49,53)(H,57,58)(H4,40,41,44)(H4,42,43,45);(H,6,7). The number of aromatic hydroxyl groups is 1. The summed E-state index contributed by atoms with van der Waals surface area (Å²) < 4.78 is 31.7. The molecule has 17 N–H and O–H groups in total. The molecule has 0 aromatic heterocycles. The fourth-order valence-electron chi connectivity index (χ4n) is 6.45. The van der Waals surface area contributed by atoms with Crippen molar-refractivity contribution in [2.45, 2.75) is 128 Å². The third-order valence-electron chi connectivity index (χ3n) is 10.1. The largest absolute Gasteiger partial charge is 0.508 e. The summed E-state index contributed by atoms with van der Waals surface area (Å²) in [4.78, 5) is 99.0. The van der Waals surface area contributed by atoms with Crippen molar-refractivity contribution < 1.29 is 62.1 Å². The lowest BCUT2D eigenvalue weighted by molar-refractivity contribution is -0.192. The van der Waals surface area contributed by atoms with Crippen LogP contribution in [-0.4, -0.2) is 136 Å². The number of amides is 5. The lowest BCUT2D eigenvalue weighted by atomic mass is 9.96. The number of aliphatic imine (C=N–C) groups is 2. The molecular weight excluding hydrogens is 866 g/mol. The number of alkyl halides is 3. The van der Waals surface area contributed by atoms with Gasteiger partial charge in [-0.25, -0.2) is 9.59 Å². The third-order valence-corrected chi connectivity index (χ3v) is 10.1. The second-order valence-electron chi connectivity index (χ2n) is 15.9. The van der Waals surface area contributed by atoms with Gasteiger partial charge in [-0.2, -0.15) is 13.2 Å². The first-order valence-electron chi connectivity index (χ1n) is 21.0. The van der Waals surface area contributed by atoms with E-state index in [1.807, 2.05) is 20.8 Å². The number of benzene rings is 1. The zero-order valence-corrected chi connectivity index (χ0v) is 37.0. The molecule has 25 heteroatoms. The number of carbonyl (C=O) groups is 7. The highest BCUT2D eigenvalue weighted by atomic mass is 19.4. The van der Waals surface area contributed by atoms with Gasteiger partial charge >= 0.3 is 18.1 Å². The molecule has 22 nitrogen and oxygen atoms in total. The lowest BCUT2D eigenvalue weighted by Crippen LogP contribution is -2.60. The van der Waals surface area contributed by atoms with Crippen LogP contribution in [0.15, 0.2) is 34.3 Å². The summed E-state index contributed by atoms with van der Waals surface area (Å²) in [5, 5.41) is 37.5. The molecule has 0 radical (unpaired) electrons. The van der Waals surface area contributed by atoms with Crippen molar-refractivity contribution in [2.75, 3.05) is 19.6 Å². The Labute approximate surface area is 374 Å². The molecule has 0 spiro atoms. The van der Waals surface area contributed by atoms with Gasteiger partial charge in [-0.15, -0.1) is 0 Å². The quantitative estimate of drug-likeness (QED) is 0.0340. The van der Waals surface area contributed by atoms with Crippen molar-refractivity contribution in [3.63, 3.8) is 0 Å². The van der Waals surface area contributed by atoms with Crippen LogP contribution in [0.2, 0.25) is 0 Å². The molecule has 7 atom stereocenters. The number of hydrogen-bond acceptors (Lipinski definition) is 11. The second kappa shape index (κ2) is 27.7. The van der Waals surface area contributed by atoms with Crippen molar-refractivity contribution in [3.05, 3.63) is 29.8 Å². The monoisotopic (exact) mass is 930 g/mol. The van der Waals surface area contributed by atoms with Crippen LogP contribution in [0.1, 0.15) is 84.6 Å². The van der Waals surface area contributed by atoms with Gasteiger partial charge < -0.3 is 70.2 Å². The predicted molar refractivity (Wildman–Crippen MR) is 232 cm³/mol. The maximum absolute atomic E-state index is 14.1. The molecule has 5 amide bonds. The molecule has 1 aromatic carbocycles. The summed E-state index contributed by atoms with van der Waals surface area (Å²) in [6.45, 7) is 7.84. The smallest absolute Gasteiger partial charge is 0.490 e. The number of nitrogens with two attached hydrogens (primary N) is 5. The van der Waals surface area contributed by atoms with Gasteiger partial charge in [0.15, 0.2) is 11.9 Å². The fourth-order valence-corrected chi connectivity index (χ4v) is 6.45. The predicted octanol–water partition coefficient (Wildman–Crippen LogP) is -0.891. The van der Waals surface area contributed by atoms with E-state index in [1.165, 1.54) is 17.0 Å². The van der Waals surface area contributed by atoms with Crippen LogP contribution in [0.4, 0.5) is 13.2 Å². The van der Waals surface area contributed by atoms with E-state index in [2.05, 4.69) is 31.3 Å². The van der Waals surface area contributed by atoms with Crippen LogP contribution in [-0.2, 0) is 40.0 Å². The third kappa shape index (κ3) is 21.2. The van der Waals surface area contributed by atoms with Gasteiger partial charge in [-0.3, -0.25) is 34.0 Å². The van der Waals surface area contributed by atoms with E-state index in [9.17, 15) is 52.2 Å². The number of aliphatic carboxylic acids is 2. The van der Waals surface area contributed by atoms with Crippen LogP contribution in [0.5, 0.6) is 5.75 Å². The van der Waals surface area contributed by atoms with E-state index in [0.717, 1.165) is 0 Å². The summed E-state index contributed by atoms with van der Waals surface area (Å²) in [5.74, 6) is -7.82. The van der Waals surface area contributed by atoms with Crippen LogP contribution in [0, 0.1) is 11.8 Å². The Bertz CT molecular complexity index is 1810. The first-order valence-corrected chi connectivity index (χ1v) is 21.0. The molecule has 1 aliphatic heterocycles. The number of phenols is 1. The van der Waals surface area contributed by atoms with Crippen molar-refractivity contribution in [1.29, 1.82) is 0 Å². The zero-order valence-electron chi connectivity index (χ0n) is 37.0. The van der Waals surface area contributed by atoms with Crippen LogP contribution < -0.4 is 49.9 Å². The Balaban J connectivity index is 0.00000277. The van der Waals surface area contributed by atoms with Crippen molar-refractivity contribution in [2.24, 2.45) is 50.5 Å². The Kier molecular flexibility index (Phi) is 24.1. The molecule has 1 saturated heterocycles. The van der Waals surface area contributed by atoms with Gasteiger partial charge in [0.05, 0.1) is 6.04 Å². The van der Waals surface area contributed by atoms with Gasteiger partial charge in [0.1, 0.15) is 36.0 Å². The average molecular weight is 931 g/mol. The van der Waals surface area contributed by atoms with E-state index < -0.39 is 89.8 Å². The Morgan fingerprint density at radius 3 is 1.83 bits per heavy atom. The van der Waals surface area contributed by atoms with Gasteiger partial charge in [0, 0.05) is 26.1 Å². The molecule has 1 fully saturated rings. The second-order valence-corrected chi connectivity index (χ2v) is 15.9. The number of carboxylic acids is 2. The number of guanidine groups is 2. The van der Waals surface area contributed by atoms with Gasteiger partial charge in [0.25, 0.3) is 0 Å². The Morgan fingerprint density at radius 2 is 1.34 bits per heavy atom. The highest BCUT2D eigenvalue weighted by Gasteiger charge is 2.40. The lowest BCUT2D eigenvalue weighted by Gasteiger charge is -2.31. The molecule has 0 aliphatic carbocycles. The van der Waals surface area contributed by atoms with Crippen LogP contribution in [0.25, 0.3) is 0 Å². The number of carbonyl (C=O) groups excluding carboxylic acids is 5. The molecule has 2 rings (SSSR count). The molecule has 1 aliphatic rings. The van der Waals surface area contributed by atoms with Gasteiger partial charge in [0.2, 0.25) is 29.5 Å². The molecule has 7 unspecified atom stereocenters. The highest BCUT2D eigenvalue weighted by molar-refractivity contribution is 5.97. The minimum Gasteiger partial charge on any atom is -0.508 e. The van der Waals surface area contributed by atoms with Gasteiger partial charge in [-0.05, 0) is 74.5 Å². The van der Waals surface area contributed by atoms with Crippen molar-refractivity contribution in [1.82, 2.24) is 26.2 Å². The molecular formula is C40H65F3N12O10. The van der Waals surface area contributed by atoms with E-state index in [1.54, 1.807) is 19.1 Å². The summed E-state index contributed by atoms with van der Waals surface area (Å²) in [6.07, 6.45) is -2.72. The molecule has 0 bridgehead atoms. The normalized spacial score (nSPS) is 16.2. The number of rotatable bonds is 24. The zero-order chi connectivity index (χ0) is 49.6. The molecule has 1 aromatic rings. The van der Waals surface area contributed by atoms with Gasteiger partial charge in [-0.1, -0.05) is 46.2 Å². The first kappa shape index (κ1) is 56.6. The highest BCUT2D eigenvalue weighted by Crippen LogP contribution is 2.21. The van der Waals surface area contributed by atoms with Crippen molar-refractivity contribution in [3.8, 4) is 5.75 Å². The topological polar surface area (TPSA) is 386 Å². The maximum Gasteiger partial charge on any atom is 0.490 e. The Morgan fingerprint density at radius 1 is 0.800 bits per heavy atom. The molecule has 366 valence electrons. The summed E-state index contributed by atoms with van der Waals surface area (Å²) in [6, 6.07) is -0.652. The SMILES string of the molecule is CCC(C)C(NC(=O)C(Cc1ccc(O)cc1)NC(=O)C1CCCN1C(=O)C(CCCN=C(N)N)NC(=O)C(N)CCCN=C(N)N)C(=O)NC(CC(C)C)C(=O)O.O=C(O)C(F)(F)F. The van der Waals surface area contributed by atoms with E-state index in [-0.39, 0.29) is 75.3 Å². The summed E-state index contributed by atoms with van der Waals surface area (Å²) in [5.41, 5.74) is 28.3. The fraction of sp³-hybridized carbons (Fsp3) is 0.625. The minimum absolute atomic E-state index is 0.0105. The van der Waals surface area contributed by atoms with E-state index in [0.29, 0.717) is 31.2 Å². The average Bonchev–Trinajstić information content (AvgIpc) is 3.72. The number of carboxylic acid groups (broad SMARTS) is 2. The summed E-state index contributed by atoms with van der Waals surface area (Å²) in [7, 11) is 0.